The monoisotopic (exact) mass is 762 g/mol. The number of fused-ring (bicyclic) bond motifs is 4. The van der Waals surface area contributed by atoms with Crippen molar-refractivity contribution in [3.05, 3.63) is 181 Å². The molecule has 0 aliphatic heterocycles. The van der Waals surface area contributed by atoms with Gasteiger partial charge in [0.2, 0.25) is 5.82 Å². The molecule has 0 fully saturated rings. The third-order valence-electron chi connectivity index (χ3n) is 10.2. The lowest BCUT2D eigenvalue weighted by Gasteiger charge is -2.17. The predicted molar refractivity (Wildman–Crippen MR) is 223 cm³/mol. The summed E-state index contributed by atoms with van der Waals surface area (Å²) in [6.45, 7) is 1.90. The van der Waals surface area contributed by atoms with Gasteiger partial charge >= 0.3 is 0 Å². The van der Waals surface area contributed by atoms with E-state index in [4.69, 9.17) is 19.9 Å². The van der Waals surface area contributed by atoms with Crippen LogP contribution >= 0.6 is 0 Å². The number of benzene rings is 7. The second-order valence-electron chi connectivity index (χ2n) is 13.7. The van der Waals surface area contributed by atoms with Gasteiger partial charge in [-0.2, -0.15) is 0 Å². The molecule has 274 valence electrons. The minimum atomic E-state index is -4.36. The Bertz CT molecular complexity index is 3210. The molecule has 57 heavy (non-hydrogen) atoms. The largest absolute Gasteiger partial charge is 0.306 e. The van der Waals surface area contributed by atoms with Crippen LogP contribution in [-0.2, 0) is 10.0 Å². The van der Waals surface area contributed by atoms with Gasteiger partial charge in [-0.3, -0.25) is 0 Å². The molecule has 0 N–H and O–H groups in total. The number of aromatic nitrogens is 6. The lowest BCUT2D eigenvalue weighted by atomic mass is 10.0. The highest BCUT2D eigenvalue weighted by Crippen LogP contribution is 2.41. The minimum absolute atomic E-state index is 0.0233. The van der Waals surface area contributed by atoms with Crippen LogP contribution in [0.5, 0.6) is 0 Å². The highest BCUT2D eigenvalue weighted by atomic mass is 32.2. The smallest absolute Gasteiger partial charge is 0.270 e. The standard InChI is InChI=1S/C47H31FN6O2S/c1-30-26-28-33(29-27-30)57(55,56)54-43-37(35-19-9-11-25-41(35)53-40-24-10-8-18-34(40)36-20-12-22-38(48)42(36)53)21-13-23-39(43)49-47(54)46-51-44(31-14-4-2-5-15-31)50-45(52-46)32-16-6-3-7-17-32/h2-29H,1H3. The molecular formula is C47H31FN6O2S. The van der Waals surface area contributed by atoms with Gasteiger partial charge in [-0.1, -0.05) is 139 Å². The summed E-state index contributed by atoms with van der Waals surface area (Å²) >= 11 is 0. The van der Waals surface area contributed by atoms with Crippen LogP contribution in [0.2, 0.25) is 0 Å². The first-order chi connectivity index (χ1) is 27.9. The van der Waals surface area contributed by atoms with E-state index in [1.165, 1.54) is 10.0 Å². The second-order valence-corrected chi connectivity index (χ2v) is 15.5. The fraction of sp³-hybridized carbons (Fsp3) is 0.0213. The predicted octanol–water partition coefficient (Wildman–Crippen LogP) is 10.7. The Morgan fingerprint density at radius 1 is 0.509 bits per heavy atom. The Balaban J connectivity index is 1.30. The maximum atomic E-state index is 16.0. The van der Waals surface area contributed by atoms with Crippen LogP contribution in [-0.4, -0.2) is 36.9 Å². The van der Waals surface area contributed by atoms with E-state index < -0.39 is 10.0 Å². The van der Waals surface area contributed by atoms with Gasteiger partial charge in [0.05, 0.1) is 32.6 Å². The van der Waals surface area contributed by atoms with E-state index in [9.17, 15) is 0 Å². The Kier molecular flexibility index (Phi) is 8.08. The van der Waals surface area contributed by atoms with E-state index in [0.717, 1.165) is 33.0 Å². The lowest BCUT2D eigenvalue weighted by Crippen LogP contribution is -2.16. The first-order valence-corrected chi connectivity index (χ1v) is 19.8. The minimum Gasteiger partial charge on any atom is -0.306 e. The molecular weight excluding hydrogens is 732 g/mol. The number of nitrogens with zero attached hydrogens (tertiary/aromatic N) is 6. The summed E-state index contributed by atoms with van der Waals surface area (Å²) in [5, 5.41) is 1.67. The third-order valence-corrected chi connectivity index (χ3v) is 11.9. The first kappa shape index (κ1) is 34.2. The van der Waals surface area contributed by atoms with Crippen LogP contribution in [0.3, 0.4) is 0 Å². The topological polar surface area (TPSA) is 95.6 Å². The molecule has 10 rings (SSSR count). The highest BCUT2D eigenvalue weighted by Gasteiger charge is 2.30. The molecule has 3 heterocycles. The second kappa shape index (κ2) is 13.5. The molecule has 0 bridgehead atoms. The molecule has 8 nitrogen and oxygen atoms in total. The summed E-state index contributed by atoms with van der Waals surface area (Å²) < 4.78 is 49.6. The molecule has 10 heteroatoms. The number of hydrogen-bond acceptors (Lipinski definition) is 6. The van der Waals surface area contributed by atoms with Gasteiger partial charge in [0.15, 0.2) is 17.5 Å². The molecule has 0 spiro atoms. The summed E-state index contributed by atoms with van der Waals surface area (Å²) in [6, 6.07) is 51.7. The van der Waals surface area contributed by atoms with Crippen molar-refractivity contribution in [1.29, 1.82) is 0 Å². The van der Waals surface area contributed by atoms with Crippen LogP contribution < -0.4 is 0 Å². The van der Waals surface area contributed by atoms with Crippen LogP contribution in [0.4, 0.5) is 4.39 Å². The molecule has 10 aromatic rings. The van der Waals surface area contributed by atoms with Crippen molar-refractivity contribution in [3.63, 3.8) is 0 Å². The van der Waals surface area contributed by atoms with Gasteiger partial charge in [-0.25, -0.2) is 36.7 Å². The number of aryl methyl sites for hydroxylation is 1. The SMILES string of the molecule is Cc1ccc(S(=O)(=O)n2c(-c3nc(-c4ccccc4)nc(-c4ccccc4)n3)nc3cccc(-c4ccccc4-n4c5ccccc5c5cccc(F)c54)c32)cc1. The molecule has 0 amide bonds. The highest BCUT2D eigenvalue weighted by molar-refractivity contribution is 7.90. The van der Waals surface area contributed by atoms with Crippen molar-refractivity contribution in [2.75, 3.05) is 0 Å². The van der Waals surface area contributed by atoms with Crippen molar-refractivity contribution < 1.29 is 12.8 Å². The quantitative estimate of drug-likeness (QED) is 0.160. The number of imidazole rings is 1. The maximum absolute atomic E-state index is 16.0. The number of rotatable bonds is 7. The first-order valence-electron chi connectivity index (χ1n) is 18.4. The van der Waals surface area contributed by atoms with E-state index in [0.29, 0.717) is 45.0 Å². The van der Waals surface area contributed by atoms with E-state index >= 15 is 12.8 Å². The van der Waals surface area contributed by atoms with Crippen LogP contribution in [0.25, 0.3) is 84.1 Å². The van der Waals surface area contributed by atoms with Gasteiger partial charge in [0, 0.05) is 33.0 Å². The zero-order valence-corrected chi connectivity index (χ0v) is 31.3. The number of hydrogen-bond donors (Lipinski definition) is 0. The Morgan fingerprint density at radius 3 is 1.81 bits per heavy atom. The summed E-state index contributed by atoms with van der Waals surface area (Å²) in [6.07, 6.45) is 0. The Morgan fingerprint density at radius 2 is 1.09 bits per heavy atom. The number of para-hydroxylation sites is 4. The Hall–Kier alpha value is -7.30. The average molecular weight is 763 g/mol. The van der Waals surface area contributed by atoms with E-state index in [1.54, 1.807) is 36.4 Å². The molecule has 0 aliphatic rings. The van der Waals surface area contributed by atoms with E-state index in [1.807, 2.05) is 139 Å². The normalized spacial score (nSPS) is 11.8. The fourth-order valence-electron chi connectivity index (χ4n) is 7.54. The van der Waals surface area contributed by atoms with Gasteiger partial charge in [0.25, 0.3) is 10.0 Å². The molecule has 0 atom stereocenters. The van der Waals surface area contributed by atoms with Crippen LogP contribution in [0.15, 0.2) is 175 Å². The number of halogens is 1. The van der Waals surface area contributed by atoms with Crippen molar-refractivity contribution in [2.45, 2.75) is 11.8 Å². The summed E-state index contributed by atoms with van der Waals surface area (Å²) in [4.78, 5) is 19.7. The molecule has 7 aromatic carbocycles. The van der Waals surface area contributed by atoms with Crippen molar-refractivity contribution in [1.82, 2.24) is 28.5 Å². The van der Waals surface area contributed by atoms with Crippen molar-refractivity contribution >= 4 is 42.9 Å². The van der Waals surface area contributed by atoms with E-state index in [-0.39, 0.29) is 22.4 Å². The molecule has 0 aliphatic carbocycles. The van der Waals surface area contributed by atoms with Crippen molar-refractivity contribution in [2.24, 2.45) is 0 Å². The zero-order valence-electron chi connectivity index (χ0n) is 30.5. The lowest BCUT2D eigenvalue weighted by molar-refractivity contribution is 0.589. The fourth-order valence-corrected chi connectivity index (χ4v) is 9.01. The van der Waals surface area contributed by atoms with Gasteiger partial charge in [0.1, 0.15) is 5.82 Å². The van der Waals surface area contributed by atoms with Gasteiger partial charge in [-0.15, -0.1) is 0 Å². The molecule has 0 radical (unpaired) electrons. The molecule has 0 unspecified atom stereocenters. The van der Waals surface area contributed by atoms with Crippen LogP contribution in [0.1, 0.15) is 5.56 Å². The summed E-state index contributed by atoms with van der Waals surface area (Å²) in [5.74, 6) is 0.465. The maximum Gasteiger partial charge on any atom is 0.270 e. The van der Waals surface area contributed by atoms with Gasteiger partial charge in [-0.05, 0) is 43.3 Å². The molecule has 0 saturated carbocycles. The molecule has 0 saturated heterocycles. The van der Waals surface area contributed by atoms with Crippen LogP contribution in [0, 0.1) is 12.7 Å². The average Bonchev–Trinajstić information content (AvgIpc) is 3.83. The molecule has 3 aromatic heterocycles. The summed E-state index contributed by atoms with van der Waals surface area (Å²) in [7, 11) is -4.36. The van der Waals surface area contributed by atoms with Crippen molar-refractivity contribution in [3.8, 4) is 51.2 Å². The van der Waals surface area contributed by atoms with Gasteiger partial charge < -0.3 is 4.57 Å². The summed E-state index contributed by atoms with van der Waals surface area (Å²) in [5.41, 5.74) is 6.25. The Labute approximate surface area is 327 Å². The third kappa shape index (κ3) is 5.68. The van der Waals surface area contributed by atoms with E-state index in [2.05, 4.69) is 0 Å². The zero-order chi connectivity index (χ0) is 38.7.